The molecule has 7 heteroatoms. The minimum Gasteiger partial charge on any atom is -0.423 e. The molecule has 0 fully saturated rings. The van der Waals surface area contributed by atoms with Gasteiger partial charge in [-0.2, -0.15) is 0 Å². The molecular weight excluding hydrogens is 285 g/mol. The van der Waals surface area contributed by atoms with E-state index in [1.807, 2.05) is 19.1 Å². The van der Waals surface area contributed by atoms with Crippen LogP contribution in [-0.2, 0) is 22.5 Å². The van der Waals surface area contributed by atoms with Gasteiger partial charge in [0.1, 0.15) is 5.82 Å². The van der Waals surface area contributed by atoms with E-state index in [9.17, 15) is 14.4 Å². The van der Waals surface area contributed by atoms with E-state index < -0.39 is 20.1 Å². The SMILES string of the molecule is Cc1ccc2c(c1)COB(O)c1ccc(F)cc1COB2O. The molecule has 0 radical (unpaired) electrons. The molecule has 0 saturated carbocycles. The second-order valence-corrected chi connectivity index (χ2v) is 5.37. The fourth-order valence-corrected chi connectivity index (χ4v) is 2.56. The monoisotopic (exact) mass is 300 g/mol. The summed E-state index contributed by atoms with van der Waals surface area (Å²) in [5.41, 5.74) is 3.23. The standard InChI is InChI=1S/C15H15B2FO4/c1-10-2-4-14-11(6-10)8-21-17(20)15-5-3-13(18)7-12(15)9-22-16(14)19/h2-7,19-20H,8-9H2,1H3. The molecule has 1 aliphatic rings. The smallest absolute Gasteiger partial charge is 0.423 e. The summed E-state index contributed by atoms with van der Waals surface area (Å²) in [4.78, 5) is 0. The highest BCUT2D eigenvalue weighted by Crippen LogP contribution is 2.11. The first-order chi connectivity index (χ1) is 10.5. The highest BCUT2D eigenvalue weighted by Gasteiger charge is 2.27. The molecule has 0 bridgehead atoms. The van der Waals surface area contributed by atoms with E-state index in [2.05, 4.69) is 0 Å². The molecule has 0 amide bonds. The van der Waals surface area contributed by atoms with Gasteiger partial charge in [0, 0.05) is 0 Å². The van der Waals surface area contributed by atoms with E-state index in [-0.39, 0.29) is 13.2 Å². The zero-order valence-corrected chi connectivity index (χ0v) is 12.1. The second kappa shape index (κ2) is 6.22. The van der Waals surface area contributed by atoms with Crippen LogP contribution in [0.2, 0.25) is 0 Å². The van der Waals surface area contributed by atoms with E-state index in [0.717, 1.165) is 11.1 Å². The van der Waals surface area contributed by atoms with Gasteiger partial charge >= 0.3 is 14.2 Å². The Morgan fingerprint density at radius 1 is 0.909 bits per heavy atom. The third-order valence-corrected chi connectivity index (χ3v) is 3.73. The molecule has 0 unspecified atom stereocenters. The van der Waals surface area contributed by atoms with Crippen molar-refractivity contribution in [1.82, 2.24) is 0 Å². The lowest BCUT2D eigenvalue weighted by Crippen LogP contribution is -2.42. The van der Waals surface area contributed by atoms with Gasteiger partial charge in [0.2, 0.25) is 0 Å². The van der Waals surface area contributed by atoms with Crippen LogP contribution in [0.1, 0.15) is 16.7 Å². The van der Waals surface area contributed by atoms with E-state index in [4.69, 9.17) is 9.31 Å². The van der Waals surface area contributed by atoms with E-state index in [0.29, 0.717) is 16.5 Å². The van der Waals surface area contributed by atoms with Crippen LogP contribution in [0.25, 0.3) is 0 Å². The number of benzene rings is 2. The average Bonchev–Trinajstić information content (AvgIpc) is 2.50. The Kier molecular flexibility index (Phi) is 4.31. The highest BCUT2D eigenvalue weighted by molar-refractivity contribution is 6.61. The zero-order chi connectivity index (χ0) is 15.7. The largest absolute Gasteiger partial charge is 0.491 e. The van der Waals surface area contributed by atoms with Crippen molar-refractivity contribution in [2.45, 2.75) is 20.1 Å². The van der Waals surface area contributed by atoms with Gasteiger partial charge in [0.15, 0.2) is 0 Å². The molecule has 2 aromatic carbocycles. The number of hydrogen-bond acceptors (Lipinski definition) is 4. The van der Waals surface area contributed by atoms with Crippen molar-refractivity contribution in [2.24, 2.45) is 0 Å². The van der Waals surface area contributed by atoms with Crippen LogP contribution in [-0.4, -0.2) is 24.3 Å². The van der Waals surface area contributed by atoms with Crippen LogP contribution in [0.5, 0.6) is 0 Å². The van der Waals surface area contributed by atoms with Crippen molar-refractivity contribution >= 4 is 25.2 Å². The summed E-state index contributed by atoms with van der Waals surface area (Å²) in [6.07, 6.45) is 0. The predicted molar refractivity (Wildman–Crippen MR) is 82.4 cm³/mol. The van der Waals surface area contributed by atoms with Crippen LogP contribution in [0.3, 0.4) is 0 Å². The number of fused-ring (bicyclic) bond motifs is 2. The molecule has 0 aromatic heterocycles. The maximum absolute atomic E-state index is 13.4. The van der Waals surface area contributed by atoms with Gasteiger partial charge in [-0.25, -0.2) is 4.39 Å². The Labute approximate surface area is 128 Å². The maximum atomic E-state index is 13.4. The summed E-state index contributed by atoms with van der Waals surface area (Å²) < 4.78 is 24.3. The molecule has 22 heavy (non-hydrogen) atoms. The van der Waals surface area contributed by atoms with Gasteiger partial charge in [-0.3, -0.25) is 0 Å². The molecule has 2 aromatic rings. The summed E-state index contributed by atoms with van der Waals surface area (Å²) >= 11 is 0. The van der Waals surface area contributed by atoms with Crippen molar-refractivity contribution in [3.05, 3.63) is 58.9 Å². The van der Waals surface area contributed by atoms with Crippen molar-refractivity contribution in [1.29, 1.82) is 0 Å². The van der Waals surface area contributed by atoms with Crippen molar-refractivity contribution in [3.8, 4) is 0 Å². The molecule has 0 aliphatic carbocycles. The third kappa shape index (κ3) is 3.08. The second-order valence-electron chi connectivity index (χ2n) is 5.37. The number of rotatable bonds is 0. The topological polar surface area (TPSA) is 58.9 Å². The Bertz CT molecular complexity index is 636. The first-order valence-corrected chi connectivity index (χ1v) is 7.01. The summed E-state index contributed by atoms with van der Waals surface area (Å²) in [5.74, 6) is -0.433. The first kappa shape index (κ1) is 15.2. The fraction of sp³-hybridized carbons (Fsp3) is 0.200. The number of hydrogen-bond donors (Lipinski definition) is 2. The molecule has 0 atom stereocenters. The van der Waals surface area contributed by atoms with Crippen LogP contribution < -0.4 is 10.9 Å². The quantitative estimate of drug-likeness (QED) is 0.685. The summed E-state index contributed by atoms with van der Waals surface area (Å²) in [5, 5.41) is 20.4. The number of halogens is 1. The van der Waals surface area contributed by atoms with Gasteiger partial charge in [0.05, 0.1) is 13.2 Å². The van der Waals surface area contributed by atoms with Crippen LogP contribution in [0.4, 0.5) is 4.39 Å². The number of aryl methyl sites for hydroxylation is 1. The molecule has 0 spiro atoms. The van der Waals surface area contributed by atoms with Crippen molar-refractivity contribution in [2.75, 3.05) is 0 Å². The lowest BCUT2D eigenvalue weighted by atomic mass is 9.73. The minimum absolute atomic E-state index is 0.0258. The predicted octanol–water partition coefficient (Wildman–Crippen LogP) is 0.256. The highest BCUT2D eigenvalue weighted by atomic mass is 19.1. The molecule has 3 rings (SSSR count). The molecule has 1 heterocycles. The Hall–Kier alpha value is -1.66. The lowest BCUT2D eigenvalue weighted by molar-refractivity contribution is 0.244. The van der Waals surface area contributed by atoms with E-state index in [1.165, 1.54) is 18.2 Å². The van der Waals surface area contributed by atoms with Crippen LogP contribution >= 0.6 is 0 Å². The Morgan fingerprint density at radius 2 is 1.45 bits per heavy atom. The average molecular weight is 300 g/mol. The minimum atomic E-state index is -1.18. The molecule has 4 nitrogen and oxygen atoms in total. The fourth-order valence-electron chi connectivity index (χ4n) is 2.56. The Morgan fingerprint density at radius 3 is 2.09 bits per heavy atom. The van der Waals surface area contributed by atoms with Gasteiger partial charge in [0.25, 0.3) is 0 Å². The van der Waals surface area contributed by atoms with Crippen LogP contribution in [0.15, 0.2) is 36.4 Å². The first-order valence-electron chi connectivity index (χ1n) is 7.01. The van der Waals surface area contributed by atoms with Crippen molar-refractivity contribution in [3.63, 3.8) is 0 Å². The lowest BCUT2D eigenvalue weighted by Gasteiger charge is -2.20. The molecular formula is C15H15B2FO4. The maximum Gasteiger partial charge on any atom is 0.491 e. The molecule has 1 aliphatic heterocycles. The van der Waals surface area contributed by atoms with Gasteiger partial charge < -0.3 is 19.4 Å². The van der Waals surface area contributed by atoms with E-state index >= 15 is 0 Å². The molecule has 112 valence electrons. The van der Waals surface area contributed by atoms with Gasteiger partial charge in [-0.05, 0) is 41.1 Å². The van der Waals surface area contributed by atoms with Crippen molar-refractivity contribution < 1.29 is 23.7 Å². The summed E-state index contributed by atoms with van der Waals surface area (Å²) in [6.45, 7) is 2.03. The Balaban J connectivity index is 1.98. The zero-order valence-electron chi connectivity index (χ0n) is 12.1. The third-order valence-electron chi connectivity index (χ3n) is 3.73. The summed E-state index contributed by atoms with van der Waals surface area (Å²) in [7, 11) is -2.31. The molecule has 2 N–H and O–H groups in total. The normalized spacial score (nSPS) is 15.3. The van der Waals surface area contributed by atoms with Gasteiger partial charge in [-0.1, -0.05) is 29.8 Å². The van der Waals surface area contributed by atoms with Crippen LogP contribution in [0, 0.1) is 12.7 Å². The van der Waals surface area contributed by atoms with E-state index in [1.54, 1.807) is 6.07 Å². The molecule has 0 saturated heterocycles. The summed E-state index contributed by atoms with van der Waals surface area (Å²) in [6, 6.07) is 9.49. The van der Waals surface area contributed by atoms with Gasteiger partial charge in [-0.15, -0.1) is 0 Å².